The summed E-state index contributed by atoms with van der Waals surface area (Å²) in [5.74, 6) is -0.233. The molecule has 1 amide bonds. The zero-order valence-electron chi connectivity index (χ0n) is 13.3. The number of nitrogens with one attached hydrogen (secondary N) is 2. The molecule has 0 radical (unpaired) electrons. The molecule has 0 saturated heterocycles. The van der Waals surface area contributed by atoms with Crippen LogP contribution in [0.2, 0.25) is 5.02 Å². The number of hydrogen-bond donors (Lipinski definition) is 2. The van der Waals surface area contributed by atoms with Gasteiger partial charge in [0.15, 0.2) is 0 Å². The number of carbonyl (C=O) groups excluding carboxylic acids is 1. The van der Waals surface area contributed by atoms with E-state index >= 15 is 0 Å². The van der Waals surface area contributed by atoms with E-state index in [4.69, 9.17) is 11.6 Å². The molecule has 5 nitrogen and oxygen atoms in total. The lowest BCUT2D eigenvalue weighted by atomic mass is 10.2. The summed E-state index contributed by atoms with van der Waals surface area (Å²) in [5.41, 5.74) is 0.859. The monoisotopic (exact) mass is 356 g/mol. The van der Waals surface area contributed by atoms with Crippen LogP contribution < -0.4 is 10.6 Å². The highest BCUT2D eigenvalue weighted by atomic mass is 35.5. The predicted molar refractivity (Wildman–Crippen MR) is 95.9 cm³/mol. The smallest absolute Gasteiger partial charge is 0.274 e. The molecule has 0 unspecified atom stereocenters. The van der Waals surface area contributed by atoms with Crippen molar-refractivity contribution in [1.29, 1.82) is 0 Å². The number of rotatable bonds is 4. The summed E-state index contributed by atoms with van der Waals surface area (Å²) in [6.45, 7) is 1.66. The van der Waals surface area contributed by atoms with E-state index in [9.17, 15) is 9.18 Å². The van der Waals surface area contributed by atoms with Gasteiger partial charge in [0.25, 0.3) is 5.91 Å². The lowest BCUT2D eigenvalue weighted by Crippen LogP contribution is -2.16. The Hall–Kier alpha value is -2.99. The number of halogens is 2. The third-order valence-corrected chi connectivity index (χ3v) is 3.66. The maximum atomic E-state index is 13.7. The Labute approximate surface area is 148 Å². The highest BCUT2D eigenvalue weighted by Crippen LogP contribution is 2.24. The zero-order valence-corrected chi connectivity index (χ0v) is 14.0. The van der Waals surface area contributed by atoms with Gasteiger partial charge < -0.3 is 10.6 Å². The summed E-state index contributed by atoms with van der Waals surface area (Å²) in [5, 5.41) is 6.07. The van der Waals surface area contributed by atoms with E-state index in [1.165, 1.54) is 18.2 Å². The van der Waals surface area contributed by atoms with Gasteiger partial charge in [-0.05, 0) is 31.2 Å². The number of hydrogen-bond acceptors (Lipinski definition) is 4. The summed E-state index contributed by atoms with van der Waals surface area (Å²) in [6, 6.07) is 14.6. The van der Waals surface area contributed by atoms with Crippen LogP contribution in [0, 0.1) is 12.7 Å². The maximum absolute atomic E-state index is 13.7. The summed E-state index contributed by atoms with van der Waals surface area (Å²) >= 11 is 6.11. The predicted octanol–water partition coefficient (Wildman–Crippen LogP) is 4.57. The SMILES string of the molecule is Cc1nc(Nc2ccccc2Cl)cc(C(=O)Nc2ccccc2F)n1. The van der Waals surface area contributed by atoms with Crippen molar-refractivity contribution >= 4 is 34.7 Å². The van der Waals surface area contributed by atoms with Crippen LogP contribution in [0.15, 0.2) is 54.6 Å². The number of carbonyl (C=O) groups is 1. The molecule has 126 valence electrons. The first-order valence-corrected chi connectivity index (χ1v) is 7.84. The molecule has 1 heterocycles. The summed E-state index contributed by atoms with van der Waals surface area (Å²) < 4.78 is 13.7. The third kappa shape index (κ3) is 4.10. The van der Waals surface area contributed by atoms with Crippen LogP contribution in [0.1, 0.15) is 16.3 Å². The molecule has 3 aromatic rings. The average Bonchev–Trinajstić information content (AvgIpc) is 2.58. The molecule has 2 N–H and O–H groups in total. The van der Waals surface area contributed by atoms with Crippen molar-refractivity contribution in [2.24, 2.45) is 0 Å². The van der Waals surface area contributed by atoms with E-state index in [0.717, 1.165) is 0 Å². The second-order valence-electron chi connectivity index (χ2n) is 5.22. The van der Waals surface area contributed by atoms with Gasteiger partial charge in [0, 0.05) is 6.07 Å². The highest BCUT2D eigenvalue weighted by molar-refractivity contribution is 6.33. The molecular formula is C18H14ClFN4O. The number of nitrogens with zero attached hydrogens (tertiary/aromatic N) is 2. The Morgan fingerprint density at radius 1 is 1.04 bits per heavy atom. The molecular weight excluding hydrogens is 343 g/mol. The average molecular weight is 357 g/mol. The molecule has 0 atom stereocenters. The number of amides is 1. The molecule has 0 saturated carbocycles. The fourth-order valence-corrected chi connectivity index (χ4v) is 2.38. The fourth-order valence-electron chi connectivity index (χ4n) is 2.20. The van der Waals surface area contributed by atoms with Crippen molar-refractivity contribution in [3.8, 4) is 0 Å². The molecule has 0 aliphatic carbocycles. The van der Waals surface area contributed by atoms with E-state index in [-0.39, 0.29) is 11.4 Å². The van der Waals surface area contributed by atoms with Gasteiger partial charge in [0.1, 0.15) is 23.2 Å². The second-order valence-corrected chi connectivity index (χ2v) is 5.63. The van der Waals surface area contributed by atoms with Crippen LogP contribution >= 0.6 is 11.6 Å². The Morgan fingerprint density at radius 3 is 2.44 bits per heavy atom. The molecule has 3 rings (SSSR count). The molecule has 2 aromatic carbocycles. The van der Waals surface area contributed by atoms with Crippen LogP contribution in [0.5, 0.6) is 0 Å². The van der Waals surface area contributed by atoms with Gasteiger partial charge >= 0.3 is 0 Å². The highest BCUT2D eigenvalue weighted by Gasteiger charge is 2.13. The maximum Gasteiger partial charge on any atom is 0.274 e. The first-order chi connectivity index (χ1) is 12.0. The van der Waals surface area contributed by atoms with Gasteiger partial charge in [0.2, 0.25) is 0 Å². The number of aryl methyl sites for hydroxylation is 1. The molecule has 1 aromatic heterocycles. The quantitative estimate of drug-likeness (QED) is 0.718. The van der Waals surface area contributed by atoms with Crippen LogP contribution in [-0.4, -0.2) is 15.9 Å². The largest absolute Gasteiger partial charge is 0.339 e. The standard InChI is InChI=1S/C18H14ClFN4O/c1-11-21-16(18(25)24-15-9-5-3-7-13(15)20)10-17(22-11)23-14-8-4-2-6-12(14)19/h2-10H,1H3,(H,24,25)(H,21,22,23). The topological polar surface area (TPSA) is 66.9 Å². The third-order valence-electron chi connectivity index (χ3n) is 3.33. The van der Waals surface area contributed by atoms with Crippen LogP contribution in [0.4, 0.5) is 21.6 Å². The van der Waals surface area contributed by atoms with E-state index < -0.39 is 11.7 Å². The number of anilines is 3. The number of aromatic nitrogens is 2. The Bertz CT molecular complexity index is 932. The van der Waals surface area contributed by atoms with Crippen LogP contribution in [-0.2, 0) is 0 Å². The molecule has 0 spiro atoms. The minimum Gasteiger partial charge on any atom is -0.339 e. The molecule has 0 aliphatic heterocycles. The van der Waals surface area contributed by atoms with E-state index in [1.54, 1.807) is 31.2 Å². The molecule has 0 fully saturated rings. The summed E-state index contributed by atoms with van der Waals surface area (Å²) in [7, 11) is 0. The lowest BCUT2D eigenvalue weighted by Gasteiger charge is -2.10. The Morgan fingerprint density at radius 2 is 1.72 bits per heavy atom. The molecule has 7 heteroatoms. The van der Waals surface area contributed by atoms with Crippen molar-refractivity contribution in [2.45, 2.75) is 6.92 Å². The Kier molecular flexibility index (Phi) is 4.90. The van der Waals surface area contributed by atoms with Gasteiger partial charge in [-0.3, -0.25) is 4.79 Å². The number of benzene rings is 2. The van der Waals surface area contributed by atoms with E-state index in [1.807, 2.05) is 12.1 Å². The zero-order chi connectivity index (χ0) is 17.8. The second kappa shape index (κ2) is 7.27. The van der Waals surface area contributed by atoms with Gasteiger partial charge in [-0.1, -0.05) is 35.9 Å². The molecule has 25 heavy (non-hydrogen) atoms. The molecule has 0 bridgehead atoms. The fraction of sp³-hybridized carbons (Fsp3) is 0.0556. The van der Waals surface area contributed by atoms with Crippen molar-refractivity contribution in [3.05, 3.63) is 77.0 Å². The normalized spacial score (nSPS) is 10.4. The van der Waals surface area contributed by atoms with Crippen molar-refractivity contribution < 1.29 is 9.18 Å². The van der Waals surface area contributed by atoms with Crippen LogP contribution in [0.3, 0.4) is 0 Å². The van der Waals surface area contributed by atoms with Crippen molar-refractivity contribution in [3.63, 3.8) is 0 Å². The van der Waals surface area contributed by atoms with Crippen molar-refractivity contribution in [1.82, 2.24) is 9.97 Å². The van der Waals surface area contributed by atoms with Crippen LogP contribution in [0.25, 0.3) is 0 Å². The van der Waals surface area contributed by atoms with E-state index in [2.05, 4.69) is 20.6 Å². The van der Waals surface area contributed by atoms with Crippen molar-refractivity contribution in [2.75, 3.05) is 10.6 Å². The summed E-state index contributed by atoms with van der Waals surface area (Å²) in [6.07, 6.45) is 0. The summed E-state index contributed by atoms with van der Waals surface area (Å²) in [4.78, 5) is 20.7. The Balaban J connectivity index is 1.85. The first kappa shape index (κ1) is 16.9. The van der Waals surface area contributed by atoms with Gasteiger partial charge in [-0.2, -0.15) is 0 Å². The van der Waals surface area contributed by atoms with E-state index in [0.29, 0.717) is 22.4 Å². The van der Waals surface area contributed by atoms with Gasteiger partial charge in [-0.25, -0.2) is 14.4 Å². The van der Waals surface area contributed by atoms with Gasteiger partial charge in [-0.15, -0.1) is 0 Å². The lowest BCUT2D eigenvalue weighted by molar-refractivity contribution is 0.102. The minimum atomic E-state index is -0.530. The minimum absolute atomic E-state index is 0.0874. The van der Waals surface area contributed by atoms with Gasteiger partial charge in [0.05, 0.1) is 16.4 Å². The first-order valence-electron chi connectivity index (χ1n) is 7.46. The molecule has 0 aliphatic rings. The number of para-hydroxylation sites is 2.